The molecule has 0 amide bonds. The molecule has 0 saturated heterocycles. The third-order valence-corrected chi connectivity index (χ3v) is 5.80. The van der Waals surface area contributed by atoms with Crippen molar-refractivity contribution in [2.24, 2.45) is 0 Å². The van der Waals surface area contributed by atoms with Gasteiger partial charge < -0.3 is 4.98 Å². The van der Waals surface area contributed by atoms with Crippen molar-refractivity contribution in [1.29, 1.82) is 0 Å². The molecule has 0 radical (unpaired) electrons. The molecule has 0 saturated carbocycles. The molecule has 0 aliphatic heterocycles. The second-order valence-electron chi connectivity index (χ2n) is 7.19. The third-order valence-electron chi connectivity index (χ3n) is 4.84. The second-order valence-corrected chi connectivity index (χ2v) is 8.23. The molecule has 3 nitrogen and oxygen atoms in total. The number of hydrogen-bond donors (Lipinski definition) is 1. The quantitative estimate of drug-likeness (QED) is 0.465. The van der Waals surface area contributed by atoms with Crippen molar-refractivity contribution in [3.63, 3.8) is 0 Å². The molecule has 4 heteroatoms. The van der Waals surface area contributed by atoms with Gasteiger partial charge in [-0.25, -0.2) is 4.98 Å². The van der Waals surface area contributed by atoms with Crippen LogP contribution in [0.1, 0.15) is 27.9 Å². The molecule has 0 aliphatic rings. The average Bonchev–Trinajstić information content (AvgIpc) is 2.65. The predicted molar refractivity (Wildman–Crippen MR) is 116 cm³/mol. The summed E-state index contributed by atoms with van der Waals surface area (Å²) in [7, 11) is 0. The molecule has 140 valence electrons. The normalized spacial score (nSPS) is 11.1. The van der Waals surface area contributed by atoms with Gasteiger partial charge in [-0.3, -0.25) is 4.79 Å². The minimum Gasteiger partial charge on any atom is -0.301 e. The van der Waals surface area contributed by atoms with Crippen molar-refractivity contribution >= 4 is 22.5 Å². The van der Waals surface area contributed by atoms with Crippen molar-refractivity contribution in [2.75, 3.05) is 0 Å². The SMILES string of the molecule is Cc1cc(C)cc(Cc2nc(Sc3cccc4ccccc34)[nH]c(=O)c2C)c1. The van der Waals surface area contributed by atoms with Gasteiger partial charge in [0.15, 0.2) is 5.16 Å². The van der Waals surface area contributed by atoms with Gasteiger partial charge in [0.25, 0.3) is 5.56 Å². The lowest BCUT2D eigenvalue weighted by atomic mass is 10.0. The van der Waals surface area contributed by atoms with Crippen LogP contribution in [0.3, 0.4) is 0 Å². The van der Waals surface area contributed by atoms with Crippen LogP contribution in [0, 0.1) is 20.8 Å². The van der Waals surface area contributed by atoms with Crippen molar-refractivity contribution in [3.05, 3.63) is 99.0 Å². The zero-order chi connectivity index (χ0) is 19.7. The second kappa shape index (κ2) is 7.64. The van der Waals surface area contributed by atoms with Gasteiger partial charge in [0.2, 0.25) is 0 Å². The van der Waals surface area contributed by atoms with E-state index in [1.165, 1.54) is 33.8 Å². The smallest absolute Gasteiger partial charge is 0.254 e. The fourth-order valence-corrected chi connectivity index (χ4v) is 4.48. The van der Waals surface area contributed by atoms with Crippen molar-refractivity contribution in [3.8, 4) is 0 Å². The molecular formula is C24H22N2OS. The van der Waals surface area contributed by atoms with Crippen LogP contribution in [0.5, 0.6) is 0 Å². The maximum Gasteiger partial charge on any atom is 0.254 e. The van der Waals surface area contributed by atoms with Crippen molar-refractivity contribution in [2.45, 2.75) is 37.2 Å². The number of aromatic nitrogens is 2. The van der Waals surface area contributed by atoms with E-state index in [2.05, 4.69) is 61.3 Å². The zero-order valence-corrected chi connectivity index (χ0v) is 17.1. The van der Waals surface area contributed by atoms with Crippen LogP contribution in [0.25, 0.3) is 10.8 Å². The first-order chi connectivity index (χ1) is 13.5. The number of hydrogen-bond acceptors (Lipinski definition) is 3. The molecule has 0 spiro atoms. The van der Waals surface area contributed by atoms with E-state index in [4.69, 9.17) is 4.98 Å². The van der Waals surface area contributed by atoms with Gasteiger partial charge in [0.05, 0.1) is 5.69 Å². The van der Waals surface area contributed by atoms with E-state index >= 15 is 0 Å². The Bertz CT molecular complexity index is 1200. The number of aromatic amines is 1. The number of benzene rings is 3. The molecule has 1 aromatic heterocycles. The summed E-state index contributed by atoms with van der Waals surface area (Å²) in [4.78, 5) is 21.3. The number of fused-ring (bicyclic) bond motifs is 1. The minimum atomic E-state index is -0.0721. The standard InChI is InChI=1S/C24H22N2OS/c1-15-11-16(2)13-18(12-15)14-21-17(3)23(27)26-24(25-21)28-22-10-6-8-19-7-4-5-9-20(19)22/h4-13H,14H2,1-3H3,(H,25,26,27). The highest BCUT2D eigenvalue weighted by molar-refractivity contribution is 7.99. The summed E-state index contributed by atoms with van der Waals surface area (Å²) in [5.41, 5.74) is 5.07. The summed E-state index contributed by atoms with van der Waals surface area (Å²) in [5.74, 6) is 0. The van der Waals surface area contributed by atoms with E-state index in [0.717, 1.165) is 16.0 Å². The van der Waals surface area contributed by atoms with Gasteiger partial charge in [-0.15, -0.1) is 0 Å². The summed E-state index contributed by atoms with van der Waals surface area (Å²) in [5, 5.41) is 2.97. The summed E-state index contributed by atoms with van der Waals surface area (Å²) in [6.07, 6.45) is 0.654. The van der Waals surface area contributed by atoms with Crippen LogP contribution < -0.4 is 5.56 Å². The average molecular weight is 387 g/mol. The highest BCUT2D eigenvalue weighted by atomic mass is 32.2. The number of nitrogens with zero attached hydrogens (tertiary/aromatic N) is 1. The van der Waals surface area contributed by atoms with E-state index in [1.54, 1.807) is 0 Å². The summed E-state index contributed by atoms with van der Waals surface area (Å²) in [6, 6.07) is 20.9. The van der Waals surface area contributed by atoms with Gasteiger partial charge in [-0.05, 0) is 43.2 Å². The fraction of sp³-hybridized carbons (Fsp3) is 0.167. The van der Waals surface area contributed by atoms with E-state index < -0.39 is 0 Å². The molecule has 3 aromatic carbocycles. The number of H-pyrrole nitrogens is 1. The fourth-order valence-electron chi connectivity index (χ4n) is 3.53. The molecule has 4 rings (SSSR count). The largest absolute Gasteiger partial charge is 0.301 e. The Morgan fingerprint density at radius 2 is 1.64 bits per heavy atom. The first-order valence-corrected chi connectivity index (χ1v) is 10.1. The molecule has 0 unspecified atom stereocenters. The highest BCUT2D eigenvalue weighted by Gasteiger charge is 2.11. The maximum atomic E-state index is 12.5. The van der Waals surface area contributed by atoms with E-state index in [1.807, 2.05) is 25.1 Å². The molecule has 0 atom stereocenters. The monoisotopic (exact) mass is 386 g/mol. The molecule has 1 N–H and O–H groups in total. The predicted octanol–water partition coefficient (Wildman–Crippen LogP) is 5.59. The topological polar surface area (TPSA) is 45.8 Å². The van der Waals surface area contributed by atoms with Gasteiger partial charge in [-0.1, -0.05) is 77.5 Å². The van der Waals surface area contributed by atoms with Crippen LogP contribution in [-0.2, 0) is 6.42 Å². The first-order valence-electron chi connectivity index (χ1n) is 9.32. The van der Waals surface area contributed by atoms with Crippen LogP contribution >= 0.6 is 11.8 Å². The Morgan fingerprint density at radius 1 is 0.929 bits per heavy atom. The number of nitrogens with one attached hydrogen (secondary N) is 1. The Labute approximate surface area is 168 Å². The Balaban J connectivity index is 1.72. The molecule has 1 heterocycles. The zero-order valence-electron chi connectivity index (χ0n) is 16.2. The Kier molecular flexibility index (Phi) is 5.05. The van der Waals surface area contributed by atoms with Crippen molar-refractivity contribution in [1.82, 2.24) is 9.97 Å². The molecule has 0 bridgehead atoms. The van der Waals surface area contributed by atoms with E-state index in [0.29, 0.717) is 17.1 Å². The van der Waals surface area contributed by atoms with Crippen molar-refractivity contribution < 1.29 is 0 Å². The van der Waals surface area contributed by atoms with Crippen LogP contribution in [0.15, 0.2) is 75.5 Å². The molecule has 0 fully saturated rings. The summed E-state index contributed by atoms with van der Waals surface area (Å²) in [6.45, 7) is 6.03. The third kappa shape index (κ3) is 3.87. The Morgan fingerprint density at radius 3 is 2.43 bits per heavy atom. The Hall–Kier alpha value is -2.85. The van der Waals surface area contributed by atoms with Gasteiger partial charge in [0, 0.05) is 16.9 Å². The molecule has 0 aliphatic carbocycles. The lowest BCUT2D eigenvalue weighted by Crippen LogP contribution is -2.16. The lowest BCUT2D eigenvalue weighted by Gasteiger charge is -2.10. The van der Waals surface area contributed by atoms with E-state index in [9.17, 15) is 4.79 Å². The summed E-state index contributed by atoms with van der Waals surface area (Å²) >= 11 is 1.50. The van der Waals surface area contributed by atoms with Crippen LogP contribution in [0.2, 0.25) is 0 Å². The summed E-state index contributed by atoms with van der Waals surface area (Å²) < 4.78 is 0. The van der Waals surface area contributed by atoms with E-state index in [-0.39, 0.29) is 5.56 Å². The van der Waals surface area contributed by atoms with Gasteiger partial charge in [-0.2, -0.15) is 0 Å². The first kappa shape index (κ1) is 18.5. The van der Waals surface area contributed by atoms with Gasteiger partial charge in [0.1, 0.15) is 0 Å². The van der Waals surface area contributed by atoms with Gasteiger partial charge >= 0.3 is 0 Å². The number of rotatable bonds is 4. The number of aryl methyl sites for hydroxylation is 2. The maximum absolute atomic E-state index is 12.5. The molecule has 4 aromatic rings. The highest BCUT2D eigenvalue weighted by Crippen LogP contribution is 2.31. The molecular weight excluding hydrogens is 364 g/mol. The molecule has 28 heavy (non-hydrogen) atoms. The lowest BCUT2D eigenvalue weighted by molar-refractivity contribution is 0.858. The van der Waals surface area contributed by atoms with Crippen LogP contribution in [-0.4, -0.2) is 9.97 Å². The van der Waals surface area contributed by atoms with Crippen LogP contribution in [0.4, 0.5) is 0 Å². The minimum absolute atomic E-state index is 0.0721.